The summed E-state index contributed by atoms with van der Waals surface area (Å²) in [4.78, 5) is 10.4. The van der Waals surface area contributed by atoms with Gasteiger partial charge in [0, 0.05) is 6.07 Å². The maximum atomic E-state index is 10.4. The quantitative estimate of drug-likeness (QED) is 0.367. The third-order valence-electron chi connectivity index (χ3n) is 1.47. The molecule has 0 saturated heterocycles. The lowest BCUT2D eigenvalue weighted by molar-refractivity contribution is -0.991. The minimum Gasteiger partial charge on any atom is -0.595 e. The number of rotatable bonds is 2. The number of hydrogen-bond donors (Lipinski definition) is 4. The van der Waals surface area contributed by atoms with Crippen molar-refractivity contribution in [3.05, 3.63) is 29.0 Å². The van der Waals surface area contributed by atoms with Crippen LogP contribution in [0.1, 0.15) is 10.4 Å². The highest BCUT2D eigenvalue weighted by molar-refractivity contribution is 5.88. The first-order valence-electron chi connectivity index (χ1n) is 3.32. The molecule has 1 rings (SSSR count). The third-order valence-corrected chi connectivity index (χ3v) is 1.47. The Morgan fingerprint density at radius 3 is 2.54 bits per heavy atom. The van der Waals surface area contributed by atoms with E-state index in [9.17, 15) is 10.0 Å². The Morgan fingerprint density at radius 2 is 2.08 bits per heavy atom. The Bertz CT molecular complexity index is 336. The maximum absolute atomic E-state index is 10.4. The molecule has 0 aliphatic carbocycles. The van der Waals surface area contributed by atoms with E-state index in [0.717, 1.165) is 18.2 Å². The zero-order valence-electron chi connectivity index (χ0n) is 6.39. The van der Waals surface area contributed by atoms with Gasteiger partial charge in [-0.1, -0.05) is 0 Å². The molecule has 0 bridgehead atoms. The van der Waals surface area contributed by atoms with Gasteiger partial charge in [-0.3, -0.25) is 0 Å². The predicted octanol–water partition coefficient (Wildman–Crippen LogP) is -0.506. The highest BCUT2D eigenvalue weighted by atomic mass is 16.8. The van der Waals surface area contributed by atoms with Crippen LogP contribution in [0.2, 0.25) is 0 Å². The number of hydrogen-bond acceptors (Lipinski definition) is 4. The molecule has 0 fully saturated rings. The Morgan fingerprint density at radius 1 is 1.46 bits per heavy atom. The van der Waals surface area contributed by atoms with Crippen molar-refractivity contribution in [1.29, 1.82) is 0 Å². The third kappa shape index (κ3) is 1.94. The van der Waals surface area contributed by atoms with E-state index in [1.165, 1.54) is 0 Å². The van der Waals surface area contributed by atoms with Gasteiger partial charge < -0.3 is 15.4 Å². The highest BCUT2D eigenvalue weighted by Gasteiger charge is 2.12. The van der Waals surface area contributed by atoms with Gasteiger partial charge in [-0.05, 0) is 12.1 Å². The first-order valence-corrected chi connectivity index (χ1v) is 3.32. The lowest BCUT2D eigenvalue weighted by Crippen LogP contribution is -2.99. The molecule has 4 N–H and O–H groups in total. The molecule has 1 unspecified atom stereocenters. The molecule has 70 valence electrons. The van der Waals surface area contributed by atoms with Crippen LogP contribution in [0.5, 0.6) is 5.75 Å². The molecule has 6 heteroatoms. The number of carbonyl (C=O) groups is 1. The molecule has 0 aliphatic heterocycles. The van der Waals surface area contributed by atoms with Crippen LogP contribution >= 0.6 is 0 Å². The molecular formula is C7H7NO5. The lowest BCUT2D eigenvalue weighted by atomic mass is 10.2. The summed E-state index contributed by atoms with van der Waals surface area (Å²) in [6.07, 6.45) is 0. The summed E-state index contributed by atoms with van der Waals surface area (Å²) in [5, 5.41) is 35.1. The molecule has 0 heterocycles. The van der Waals surface area contributed by atoms with Gasteiger partial charge in [0.25, 0.3) is 0 Å². The molecule has 6 nitrogen and oxygen atoms in total. The van der Waals surface area contributed by atoms with Gasteiger partial charge in [0.15, 0.2) is 5.75 Å². The van der Waals surface area contributed by atoms with E-state index < -0.39 is 22.6 Å². The Balaban J connectivity index is 3.19. The molecule has 0 aromatic heterocycles. The van der Waals surface area contributed by atoms with Crippen LogP contribution < -0.4 is 5.23 Å². The summed E-state index contributed by atoms with van der Waals surface area (Å²) < 4.78 is 0. The summed E-state index contributed by atoms with van der Waals surface area (Å²) in [6.45, 7) is 0. The predicted molar refractivity (Wildman–Crippen MR) is 40.8 cm³/mol. The van der Waals surface area contributed by atoms with Crippen LogP contribution in [0.25, 0.3) is 0 Å². The minimum absolute atomic E-state index is 0.171. The number of carboxylic acids is 1. The molecule has 0 radical (unpaired) electrons. The first-order chi connectivity index (χ1) is 6.02. The van der Waals surface area contributed by atoms with Gasteiger partial charge in [-0.15, -0.1) is 0 Å². The second kappa shape index (κ2) is 3.40. The van der Waals surface area contributed by atoms with Crippen LogP contribution in [0.15, 0.2) is 18.2 Å². The molecule has 13 heavy (non-hydrogen) atoms. The topological polar surface area (TPSA) is 105 Å². The zero-order chi connectivity index (χ0) is 10.0. The number of phenols is 1. The van der Waals surface area contributed by atoms with Crippen molar-refractivity contribution in [2.24, 2.45) is 0 Å². The standard InChI is InChI=1S/C7H7NO5/c9-6-2-1-4(7(10)11)3-5(6)8(12)13/h1-3,8-9,12H,(H,10,11). The van der Waals surface area contributed by atoms with E-state index in [0.29, 0.717) is 0 Å². The number of aromatic carboxylic acids is 1. The van der Waals surface area contributed by atoms with E-state index in [4.69, 9.17) is 15.4 Å². The lowest BCUT2D eigenvalue weighted by Gasteiger charge is -2.12. The van der Waals surface area contributed by atoms with E-state index >= 15 is 0 Å². The molecule has 1 aromatic carbocycles. The van der Waals surface area contributed by atoms with Crippen molar-refractivity contribution in [3.63, 3.8) is 0 Å². The summed E-state index contributed by atoms with van der Waals surface area (Å²) >= 11 is 0. The number of carboxylic acid groups (broad SMARTS) is 1. The maximum Gasteiger partial charge on any atom is 0.335 e. The summed E-state index contributed by atoms with van der Waals surface area (Å²) in [5.74, 6) is -1.68. The minimum atomic E-state index is -1.36. The fourth-order valence-corrected chi connectivity index (χ4v) is 0.840. The SMILES string of the molecule is O=C(O)c1ccc(O)c([NH+]([O-])O)c1. The van der Waals surface area contributed by atoms with Crippen LogP contribution in [-0.4, -0.2) is 21.4 Å². The van der Waals surface area contributed by atoms with E-state index in [1.807, 2.05) is 0 Å². The monoisotopic (exact) mass is 185 g/mol. The Hall–Kier alpha value is -1.63. The van der Waals surface area contributed by atoms with Gasteiger partial charge >= 0.3 is 5.97 Å². The fourth-order valence-electron chi connectivity index (χ4n) is 0.840. The average Bonchev–Trinajstić information content (AvgIpc) is 2.04. The fraction of sp³-hybridized carbons (Fsp3) is 0. The van der Waals surface area contributed by atoms with Gasteiger partial charge in [0.2, 0.25) is 5.69 Å². The van der Waals surface area contributed by atoms with E-state index in [2.05, 4.69) is 0 Å². The van der Waals surface area contributed by atoms with Crippen molar-refractivity contribution in [2.45, 2.75) is 0 Å². The van der Waals surface area contributed by atoms with Crippen LogP contribution in [0.3, 0.4) is 0 Å². The summed E-state index contributed by atoms with van der Waals surface area (Å²) in [6, 6.07) is 3.07. The van der Waals surface area contributed by atoms with Crippen molar-refractivity contribution >= 4 is 11.7 Å². The molecule has 1 atom stereocenters. The normalized spacial score (nSPS) is 12.5. The molecule has 0 spiro atoms. The van der Waals surface area contributed by atoms with Gasteiger partial charge in [0.1, 0.15) is 0 Å². The van der Waals surface area contributed by atoms with Crippen molar-refractivity contribution < 1.29 is 25.4 Å². The van der Waals surface area contributed by atoms with E-state index in [-0.39, 0.29) is 5.56 Å². The van der Waals surface area contributed by atoms with Crippen molar-refractivity contribution in [2.75, 3.05) is 0 Å². The number of nitrogens with one attached hydrogen (secondary N) is 1. The summed E-state index contributed by atoms with van der Waals surface area (Å²) in [7, 11) is 0. The summed E-state index contributed by atoms with van der Waals surface area (Å²) in [5.41, 5.74) is -0.588. The van der Waals surface area contributed by atoms with Crippen molar-refractivity contribution in [3.8, 4) is 5.75 Å². The van der Waals surface area contributed by atoms with Gasteiger partial charge in [0.05, 0.1) is 5.56 Å². The van der Waals surface area contributed by atoms with Gasteiger partial charge in [-0.2, -0.15) is 5.23 Å². The van der Waals surface area contributed by atoms with Crippen LogP contribution in [0, 0.1) is 5.21 Å². The second-order valence-electron chi connectivity index (χ2n) is 2.34. The number of phenolic OH excluding ortho intramolecular Hbond substituents is 1. The number of aromatic hydroxyl groups is 1. The molecule has 0 amide bonds. The number of quaternary nitrogens is 1. The Kier molecular flexibility index (Phi) is 2.47. The van der Waals surface area contributed by atoms with Crippen molar-refractivity contribution in [1.82, 2.24) is 0 Å². The molecule has 1 aromatic rings. The molecular weight excluding hydrogens is 178 g/mol. The van der Waals surface area contributed by atoms with E-state index in [1.54, 1.807) is 0 Å². The van der Waals surface area contributed by atoms with Gasteiger partial charge in [-0.25, -0.2) is 10.0 Å². The smallest absolute Gasteiger partial charge is 0.335 e. The second-order valence-corrected chi connectivity index (χ2v) is 2.34. The molecule has 0 aliphatic rings. The van der Waals surface area contributed by atoms with Crippen LogP contribution in [-0.2, 0) is 0 Å². The zero-order valence-corrected chi connectivity index (χ0v) is 6.39. The number of benzene rings is 1. The molecule has 0 saturated carbocycles. The average molecular weight is 185 g/mol. The van der Waals surface area contributed by atoms with Crippen LogP contribution in [0.4, 0.5) is 5.69 Å². The highest BCUT2D eigenvalue weighted by Crippen LogP contribution is 2.19. The largest absolute Gasteiger partial charge is 0.595 e. The first kappa shape index (κ1) is 9.46. The Labute approximate surface area is 72.8 Å².